The first-order valence-electron chi connectivity index (χ1n) is 10.6. The van der Waals surface area contributed by atoms with Crippen LogP contribution in [0.2, 0.25) is 10.0 Å². The van der Waals surface area contributed by atoms with Crippen LogP contribution >= 0.6 is 23.2 Å². The Kier molecular flexibility index (Phi) is 7.37. The Bertz CT molecular complexity index is 1490. The summed E-state index contributed by atoms with van der Waals surface area (Å²) in [6, 6.07) is 16.3. The highest BCUT2D eigenvalue weighted by atomic mass is 35.5. The first-order chi connectivity index (χ1) is 17.0. The van der Waals surface area contributed by atoms with E-state index in [1.165, 1.54) is 53.7 Å². The number of fused-ring (bicyclic) bond motifs is 1. The summed E-state index contributed by atoms with van der Waals surface area (Å²) in [6.45, 7) is 1.32. The SMILES string of the molecule is CCS(=O)(=O)N1C[C@H](C(=O)Nc2ccc(S(=O)(=O)Nc3cc(Cl)cc(Cl)c3)cc2)Oc2ccccc21. The molecule has 9 nitrogen and oxygen atoms in total. The molecule has 1 aliphatic heterocycles. The van der Waals surface area contributed by atoms with Gasteiger partial charge in [0.2, 0.25) is 10.0 Å². The van der Waals surface area contributed by atoms with Gasteiger partial charge in [-0.05, 0) is 61.5 Å². The molecule has 3 aromatic rings. The van der Waals surface area contributed by atoms with E-state index in [0.29, 0.717) is 11.4 Å². The lowest BCUT2D eigenvalue weighted by Crippen LogP contribution is -2.49. The fourth-order valence-corrected chi connectivity index (χ4v) is 6.22. The number of carbonyl (C=O) groups is 1. The van der Waals surface area contributed by atoms with E-state index in [0.717, 1.165) is 0 Å². The first kappa shape index (κ1) is 26.1. The molecule has 0 aromatic heterocycles. The van der Waals surface area contributed by atoms with Gasteiger partial charge < -0.3 is 10.1 Å². The van der Waals surface area contributed by atoms with Gasteiger partial charge >= 0.3 is 0 Å². The van der Waals surface area contributed by atoms with E-state index in [1.807, 2.05) is 0 Å². The van der Waals surface area contributed by atoms with Gasteiger partial charge in [0.05, 0.1) is 28.6 Å². The van der Waals surface area contributed by atoms with Crippen molar-refractivity contribution in [1.82, 2.24) is 0 Å². The molecule has 0 bridgehead atoms. The fraction of sp³-hybridized carbons (Fsp3) is 0.174. The summed E-state index contributed by atoms with van der Waals surface area (Å²) < 4.78 is 60.0. The minimum Gasteiger partial charge on any atom is -0.476 e. The molecule has 0 spiro atoms. The second-order valence-electron chi connectivity index (χ2n) is 7.78. The highest BCUT2D eigenvalue weighted by Gasteiger charge is 2.36. The Labute approximate surface area is 219 Å². The minimum absolute atomic E-state index is 0.0559. The van der Waals surface area contributed by atoms with Crippen LogP contribution in [0.25, 0.3) is 0 Å². The molecule has 4 rings (SSSR count). The van der Waals surface area contributed by atoms with Crippen LogP contribution in [0.3, 0.4) is 0 Å². The second kappa shape index (κ2) is 10.2. The highest BCUT2D eigenvalue weighted by Crippen LogP contribution is 2.35. The zero-order chi connectivity index (χ0) is 26.1. The van der Waals surface area contributed by atoms with Crippen molar-refractivity contribution in [2.24, 2.45) is 0 Å². The average Bonchev–Trinajstić information content (AvgIpc) is 2.82. The lowest BCUT2D eigenvalue weighted by Gasteiger charge is -2.34. The average molecular weight is 570 g/mol. The van der Waals surface area contributed by atoms with Crippen LogP contribution in [-0.4, -0.2) is 41.1 Å². The molecule has 36 heavy (non-hydrogen) atoms. The van der Waals surface area contributed by atoms with E-state index in [1.54, 1.807) is 24.3 Å². The molecule has 1 atom stereocenters. The minimum atomic E-state index is -3.95. The van der Waals surface area contributed by atoms with Crippen molar-refractivity contribution in [2.45, 2.75) is 17.9 Å². The third-order valence-electron chi connectivity index (χ3n) is 5.27. The number of ether oxygens (including phenoxy) is 1. The highest BCUT2D eigenvalue weighted by molar-refractivity contribution is 7.93. The molecule has 1 heterocycles. The third-order valence-corrected chi connectivity index (χ3v) is 8.86. The Balaban J connectivity index is 1.49. The molecule has 1 aliphatic rings. The van der Waals surface area contributed by atoms with Gasteiger partial charge in [0, 0.05) is 15.7 Å². The predicted molar refractivity (Wildman–Crippen MR) is 140 cm³/mol. The maximum absolute atomic E-state index is 12.9. The Morgan fingerprint density at radius 3 is 2.25 bits per heavy atom. The molecule has 2 N–H and O–H groups in total. The van der Waals surface area contributed by atoms with E-state index in [2.05, 4.69) is 10.0 Å². The van der Waals surface area contributed by atoms with Gasteiger partial charge in [-0.1, -0.05) is 35.3 Å². The topological polar surface area (TPSA) is 122 Å². The van der Waals surface area contributed by atoms with Crippen LogP contribution in [-0.2, 0) is 24.8 Å². The number of sulfonamides is 2. The molecule has 190 valence electrons. The van der Waals surface area contributed by atoms with Gasteiger partial charge in [-0.2, -0.15) is 0 Å². The molecule has 0 saturated heterocycles. The van der Waals surface area contributed by atoms with Gasteiger partial charge in [0.1, 0.15) is 5.75 Å². The maximum Gasteiger partial charge on any atom is 0.267 e. The number of nitrogens with zero attached hydrogens (tertiary/aromatic N) is 1. The van der Waals surface area contributed by atoms with Crippen molar-refractivity contribution in [3.05, 3.63) is 76.8 Å². The van der Waals surface area contributed by atoms with Crippen molar-refractivity contribution in [1.29, 1.82) is 0 Å². The summed E-state index contributed by atoms with van der Waals surface area (Å²) in [5.41, 5.74) is 0.870. The number of rotatable bonds is 7. The number of hydrogen-bond donors (Lipinski definition) is 2. The molecule has 0 fully saturated rings. The summed E-state index contributed by atoms with van der Waals surface area (Å²) in [5.74, 6) is -0.446. The van der Waals surface area contributed by atoms with Crippen LogP contribution in [0.4, 0.5) is 17.1 Å². The number of amides is 1. The predicted octanol–water partition coefficient (Wildman–Crippen LogP) is 4.35. The standard InChI is InChI=1S/C23H21Cl2N3O6S2/c1-2-35(30,31)28-14-22(34-21-6-4-3-5-20(21)28)23(29)26-17-7-9-19(10-8-17)36(32,33)27-18-12-15(24)11-16(25)13-18/h3-13,22,27H,2,14H2,1H3,(H,26,29)/t22-/m1/s1. The van der Waals surface area contributed by atoms with E-state index in [-0.39, 0.29) is 38.7 Å². The van der Waals surface area contributed by atoms with Crippen LogP contribution in [0.15, 0.2) is 71.6 Å². The molecule has 0 radical (unpaired) electrons. The monoisotopic (exact) mass is 569 g/mol. The van der Waals surface area contributed by atoms with Gasteiger partial charge in [-0.25, -0.2) is 16.8 Å². The quantitative estimate of drug-likeness (QED) is 0.436. The van der Waals surface area contributed by atoms with E-state index >= 15 is 0 Å². The Hall–Kier alpha value is -2.99. The zero-order valence-electron chi connectivity index (χ0n) is 18.8. The summed E-state index contributed by atoms with van der Waals surface area (Å²) in [6.07, 6.45) is -1.11. The fourth-order valence-electron chi connectivity index (χ4n) is 3.53. The summed E-state index contributed by atoms with van der Waals surface area (Å²) >= 11 is 11.8. The van der Waals surface area contributed by atoms with Crippen molar-refractivity contribution in [3.8, 4) is 5.75 Å². The van der Waals surface area contributed by atoms with Gasteiger partial charge in [0.15, 0.2) is 6.10 Å². The number of benzene rings is 3. The first-order valence-corrected chi connectivity index (χ1v) is 14.5. The summed E-state index contributed by atoms with van der Waals surface area (Å²) in [5, 5.41) is 3.19. The van der Waals surface area contributed by atoms with E-state index in [9.17, 15) is 21.6 Å². The summed E-state index contributed by atoms with van der Waals surface area (Å²) in [7, 11) is -7.59. The van der Waals surface area contributed by atoms with Crippen LogP contribution in [0, 0.1) is 0 Å². The second-order valence-corrected chi connectivity index (χ2v) is 12.5. The number of para-hydroxylation sites is 2. The lowest BCUT2D eigenvalue weighted by molar-refractivity contribution is -0.122. The zero-order valence-corrected chi connectivity index (χ0v) is 22.0. The lowest BCUT2D eigenvalue weighted by atomic mass is 10.2. The molecule has 3 aromatic carbocycles. The molecule has 13 heteroatoms. The van der Waals surface area contributed by atoms with Crippen molar-refractivity contribution in [3.63, 3.8) is 0 Å². The molecular weight excluding hydrogens is 549 g/mol. The number of anilines is 3. The van der Waals surface area contributed by atoms with E-state index < -0.39 is 32.1 Å². The maximum atomic E-state index is 12.9. The van der Waals surface area contributed by atoms with Crippen molar-refractivity contribution < 1.29 is 26.4 Å². The molecule has 0 aliphatic carbocycles. The normalized spacial score (nSPS) is 15.5. The number of nitrogens with one attached hydrogen (secondary N) is 2. The number of hydrogen-bond acceptors (Lipinski definition) is 6. The summed E-state index contributed by atoms with van der Waals surface area (Å²) in [4.78, 5) is 12.9. The molecule has 1 amide bonds. The Morgan fingerprint density at radius 1 is 0.972 bits per heavy atom. The third kappa shape index (κ3) is 5.70. The molecular formula is C23H21Cl2N3O6S2. The van der Waals surface area contributed by atoms with Gasteiger partial charge in [-0.15, -0.1) is 0 Å². The smallest absolute Gasteiger partial charge is 0.267 e. The van der Waals surface area contributed by atoms with E-state index in [4.69, 9.17) is 27.9 Å². The molecule has 0 unspecified atom stereocenters. The number of halogens is 2. The van der Waals surface area contributed by atoms with Gasteiger partial charge in [-0.3, -0.25) is 13.8 Å². The number of carbonyl (C=O) groups excluding carboxylic acids is 1. The molecule has 0 saturated carbocycles. The van der Waals surface area contributed by atoms with Crippen LogP contribution in [0.5, 0.6) is 5.75 Å². The van der Waals surface area contributed by atoms with Crippen molar-refractivity contribution >= 4 is 66.2 Å². The largest absolute Gasteiger partial charge is 0.476 e. The van der Waals surface area contributed by atoms with Crippen LogP contribution < -0.4 is 19.1 Å². The Morgan fingerprint density at radius 2 is 1.61 bits per heavy atom. The van der Waals surface area contributed by atoms with Crippen molar-refractivity contribution in [2.75, 3.05) is 26.6 Å². The van der Waals surface area contributed by atoms with Crippen LogP contribution in [0.1, 0.15) is 6.92 Å². The van der Waals surface area contributed by atoms with Gasteiger partial charge in [0.25, 0.3) is 15.9 Å².